The lowest BCUT2D eigenvalue weighted by Crippen LogP contribution is -2.45. The molecule has 3 aliphatic heterocycles. The van der Waals surface area contributed by atoms with Gasteiger partial charge in [0.15, 0.2) is 0 Å². The zero-order chi connectivity index (χ0) is 17.9. The van der Waals surface area contributed by atoms with Crippen LogP contribution < -0.4 is 4.90 Å². The molecule has 2 saturated heterocycles. The number of nitrogens with zero attached hydrogens (tertiary/aromatic N) is 1. The van der Waals surface area contributed by atoms with Crippen molar-refractivity contribution in [2.45, 2.75) is 31.1 Å². The van der Waals surface area contributed by atoms with Gasteiger partial charge in [-0.1, -0.05) is 35.4 Å². The lowest BCUT2D eigenvalue weighted by atomic mass is 9.74. The summed E-state index contributed by atoms with van der Waals surface area (Å²) in [5, 5.41) is 10.2. The summed E-state index contributed by atoms with van der Waals surface area (Å²) in [6.07, 6.45) is 3.62. The number of benzene rings is 1. The maximum absolute atomic E-state index is 13.3. The van der Waals surface area contributed by atoms with Crippen molar-refractivity contribution in [1.29, 1.82) is 0 Å². The van der Waals surface area contributed by atoms with Gasteiger partial charge in [-0.05, 0) is 31.5 Å². The van der Waals surface area contributed by atoms with E-state index < -0.39 is 29.5 Å². The van der Waals surface area contributed by atoms with Gasteiger partial charge < -0.3 is 14.7 Å². The van der Waals surface area contributed by atoms with Crippen molar-refractivity contribution in [2.24, 2.45) is 11.8 Å². The number of hydrogen-bond acceptors (Lipinski definition) is 3. The summed E-state index contributed by atoms with van der Waals surface area (Å²) in [6, 6.07) is 6.69. The average Bonchev–Trinajstić information content (AvgIpc) is 3.16. The topological polar surface area (TPSA) is 66.8 Å². The highest BCUT2D eigenvalue weighted by Crippen LogP contribution is 2.56. The standard InChI is InChI=1S/C19H18ClNO4/c1-10(2)8-14-19-7-6-13(25-19)15(18(23)24)16(19)17(22)21(14)12-5-3-4-11(20)9-12/h3-7,9,13-16H,1,8H2,2H3,(H,23,24)/t13-,14-,15+,16+,19-/m1/s1. The largest absolute Gasteiger partial charge is 0.481 e. The Hall–Kier alpha value is -2.11. The first-order chi connectivity index (χ1) is 11.8. The predicted octanol–water partition coefficient (Wildman–Crippen LogP) is 3.05. The van der Waals surface area contributed by atoms with Gasteiger partial charge in [-0.2, -0.15) is 0 Å². The second-order valence-corrected chi connectivity index (χ2v) is 7.44. The molecule has 0 unspecified atom stereocenters. The minimum atomic E-state index is -1.00. The number of carbonyl (C=O) groups excluding carboxylic acids is 1. The number of amides is 1. The van der Waals surface area contributed by atoms with Crippen LogP contribution in [0.3, 0.4) is 0 Å². The molecule has 1 spiro atoms. The van der Waals surface area contributed by atoms with E-state index in [9.17, 15) is 14.7 Å². The summed E-state index contributed by atoms with van der Waals surface area (Å²) in [5.74, 6) is -2.83. The average molecular weight is 360 g/mol. The molecule has 1 N–H and O–H groups in total. The first kappa shape index (κ1) is 16.4. The van der Waals surface area contributed by atoms with Crippen LogP contribution in [0.2, 0.25) is 5.02 Å². The molecule has 0 aromatic heterocycles. The van der Waals surface area contributed by atoms with Gasteiger partial charge in [0.1, 0.15) is 11.5 Å². The highest BCUT2D eigenvalue weighted by atomic mass is 35.5. The van der Waals surface area contributed by atoms with E-state index in [1.807, 2.05) is 13.0 Å². The normalized spacial score (nSPS) is 35.3. The number of fused-ring (bicyclic) bond motifs is 1. The molecule has 25 heavy (non-hydrogen) atoms. The number of anilines is 1. The fraction of sp³-hybridized carbons (Fsp3) is 0.368. The van der Waals surface area contributed by atoms with Gasteiger partial charge in [-0.15, -0.1) is 6.58 Å². The Balaban J connectivity index is 1.85. The van der Waals surface area contributed by atoms with Crippen molar-refractivity contribution in [3.63, 3.8) is 0 Å². The van der Waals surface area contributed by atoms with Crippen LogP contribution in [-0.2, 0) is 14.3 Å². The van der Waals surface area contributed by atoms with E-state index in [1.54, 1.807) is 35.2 Å². The molecular weight excluding hydrogens is 342 g/mol. The van der Waals surface area contributed by atoms with Crippen LogP contribution in [-0.4, -0.2) is 34.7 Å². The number of hydrogen-bond donors (Lipinski definition) is 1. The molecule has 3 heterocycles. The summed E-state index contributed by atoms with van der Waals surface area (Å²) >= 11 is 6.11. The van der Waals surface area contributed by atoms with E-state index in [1.165, 1.54) is 0 Å². The monoisotopic (exact) mass is 359 g/mol. The molecule has 0 radical (unpaired) electrons. The summed E-state index contributed by atoms with van der Waals surface area (Å²) in [7, 11) is 0. The van der Waals surface area contributed by atoms with Crippen LogP contribution in [0.1, 0.15) is 13.3 Å². The molecule has 1 aromatic rings. The van der Waals surface area contributed by atoms with Gasteiger partial charge >= 0.3 is 5.97 Å². The van der Waals surface area contributed by atoms with Gasteiger partial charge in [0.25, 0.3) is 0 Å². The fourth-order valence-corrected chi connectivity index (χ4v) is 4.63. The SMILES string of the molecule is C=C(C)C[C@H]1N(c2cccc(Cl)c2)C(=O)[C@@H]2[C@@H](C(=O)O)[C@H]3C=C[C@]21O3. The van der Waals surface area contributed by atoms with Gasteiger partial charge in [0, 0.05) is 10.7 Å². The first-order valence-corrected chi connectivity index (χ1v) is 8.56. The lowest BCUT2D eigenvalue weighted by Gasteiger charge is -2.33. The number of rotatable bonds is 4. The Morgan fingerprint density at radius 1 is 1.48 bits per heavy atom. The molecule has 5 atom stereocenters. The van der Waals surface area contributed by atoms with Crippen molar-refractivity contribution in [1.82, 2.24) is 0 Å². The first-order valence-electron chi connectivity index (χ1n) is 8.18. The molecule has 4 rings (SSSR count). The Labute approximate surface area is 150 Å². The van der Waals surface area contributed by atoms with Crippen LogP contribution in [0.15, 0.2) is 48.6 Å². The third-order valence-corrected chi connectivity index (χ3v) is 5.57. The van der Waals surface area contributed by atoms with Crippen molar-refractivity contribution in [3.8, 4) is 0 Å². The van der Waals surface area contributed by atoms with Crippen molar-refractivity contribution in [2.75, 3.05) is 4.90 Å². The molecule has 6 heteroatoms. The second-order valence-electron chi connectivity index (χ2n) is 7.00. The highest BCUT2D eigenvalue weighted by Gasteiger charge is 2.71. The Morgan fingerprint density at radius 2 is 2.24 bits per heavy atom. The summed E-state index contributed by atoms with van der Waals surface area (Å²) in [6.45, 7) is 5.87. The van der Waals surface area contributed by atoms with Gasteiger partial charge in [-0.25, -0.2) is 0 Å². The molecular formula is C19H18ClNO4. The van der Waals surface area contributed by atoms with Crippen molar-refractivity contribution >= 4 is 29.2 Å². The maximum Gasteiger partial charge on any atom is 0.310 e. The van der Waals surface area contributed by atoms with E-state index in [-0.39, 0.29) is 11.9 Å². The smallest absolute Gasteiger partial charge is 0.310 e. The highest BCUT2D eigenvalue weighted by molar-refractivity contribution is 6.31. The summed E-state index contributed by atoms with van der Waals surface area (Å²) < 4.78 is 6.10. The number of aliphatic carboxylic acids is 1. The fourth-order valence-electron chi connectivity index (χ4n) is 4.45. The molecule has 130 valence electrons. The van der Waals surface area contributed by atoms with E-state index >= 15 is 0 Å². The summed E-state index contributed by atoms with van der Waals surface area (Å²) in [5.41, 5.74) is 0.628. The Morgan fingerprint density at radius 3 is 2.88 bits per heavy atom. The second kappa shape index (κ2) is 5.44. The number of ether oxygens (including phenoxy) is 1. The van der Waals surface area contributed by atoms with Crippen molar-refractivity contribution in [3.05, 3.63) is 53.6 Å². The van der Waals surface area contributed by atoms with Gasteiger partial charge in [0.2, 0.25) is 5.91 Å². The third kappa shape index (κ3) is 2.19. The Kier molecular flexibility index (Phi) is 3.56. The molecule has 2 bridgehead atoms. The molecule has 1 amide bonds. The zero-order valence-electron chi connectivity index (χ0n) is 13.7. The zero-order valence-corrected chi connectivity index (χ0v) is 14.4. The minimum absolute atomic E-state index is 0.229. The van der Waals surface area contributed by atoms with Crippen LogP contribution >= 0.6 is 11.6 Å². The number of halogens is 1. The van der Waals surface area contributed by atoms with Gasteiger partial charge in [-0.3, -0.25) is 9.59 Å². The molecule has 0 saturated carbocycles. The van der Waals surface area contributed by atoms with Crippen molar-refractivity contribution < 1.29 is 19.4 Å². The van der Waals surface area contributed by atoms with Crippen LogP contribution in [0.4, 0.5) is 5.69 Å². The van der Waals surface area contributed by atoms with Crippen LogP contribution in [0.5, 0.6) is 0 Å². The van der Waals surface area contributed by atoms with E-state index in [2.05, 4.69) is 6.58 Å². The molecule has 5 nitrogen and oxygen atoms in total. The van der Waals surface area contributed by atoms with E-state index in [0.717, 1.165) is 5.57 Å². The molecule has 1 aromatic carbocycles. The third-order valence-electron chi connectivity index (χ3n) is 5.34. The Bertz CT molecular complexity index is 819. The summed E-state index contributed by atoms with van der Waals surface area (Å²) in [4.78, 5) is 26.7. The van der Waals surface area contributed by atoms with E-state index in [4.69, 9.17) is 16.3 Å². The number of carboxylic acids is 1. The maximum atomic E-state index is 13.3. The quantitative estimate of drug-likeness (QED) is 0.839. The van der Waals surface area contributed by atoms with Crippen LogP contribution in [0, 0.1) is 11.8 Å². The minimum Gasteiger partial charge on any atom is -0.481 e. The van der Waals surface area contributed by atoms with E-state index in [0.29, 0.717) is 17.1 Å². The number of carboxylic acid groups (broad SMARTS) is 1. The predicted molar refractivity (Wildman–Crippen MR) is 93.5 cm³/mol. The lowest BCUT2D eigenvalue weighted by molar-refractivity contribution is -0.146. The molecule has 0 aliphatic carbocycles. The van der Waals surface area contributed by atoms with Gasteiger partial charge in [0.05, 0.1) is 18.1 Å². The number of carbonyl (C=O) groups is 2. The molecule has 2 fully saturated rings. The van der Waals surface area contributed by atoms with Crippen LogP contribution in [0.25, 0.3) is 0 Å². The molecule has 3 aliphatic rings.